The van der Waals surface area contributed by atoms with Crippen LogP contribution in [0.15, 0.2) is 0 Å². The van der Waals surface area contributed by atoms with Gasteiger partial charge in [-0.1, -0.05) is 0 Å². The zero-order chi connectivity index (χ0) is 15.7. The topological polar surface area (TPSA) is 97.0 Å². The lowest BCUT2D eigenvalue weighted by Gasteiger charge is -2.31. The Kier molecular flexibility index (Phi) is 7.34. The molecular formula is C13H23N3O5. The Morgan fingerprint density at radius 1 is 1.10 bits per heavy atom. The van der Waals surface area contributed by atoms with Gasteiger partial charge < -0.3 is 25.0 Å². The van der Waals surface area contributed by atoms with Crippen LogP contribution < -0.4 is 10.6 Å². The zero-order valence-corrected chi connectivity index (χ0v) is 12.5. The lowest BCUT2D eigenvalue weighted by atomic mass is 10.1. The zero-order valence-electron chi connectivity index (χ0n) is 12.5. The molecule has 8 heteroatoms. The molecule has 0 saturated carbocycles. The molecule has 1 aliphatic heterocycles. The average molecular weight is 301 g/mol. The van der Waals surface area contributed by atoms with Gasteiger partial charge in [0, 0.05) is 19.1 Å². The van der Waals surface area contributed by atoms with E-state index < -0.39 is 12.0 Å². The van der Waals surface area contributed by atoms with Crippen LogP contribution in [0.3, 0.4) is 0 Å². The maximum absolute atomic E-state index is 11.6. The molecule has 1 saturated heterocycles. The van der Waals surface area contributed by atoms with E-state index in [-0.39, 0.29) is 25.3 Å². The van der Waals surface area contributed by atoms with Gasteiger partial charge >= 0.3 is 18.1 Å². The van der Waals surface area contributed by atoms with Crippen molar-refractivity contribution in [1.82, 2.24) is 15.5 Å². The Morgan fingerprint density at radius 2 is 1.71 bits per heavy atom. The summed E-state index contributed by atoms with van der Waals surface area (Å²) >= 11 is 0. The maximum Gasteiger partial charge on any atom is 0.409 e. The molecule has 0 spiro atoms. The highest BCUT2D eigenvalue weighted by molar-refractivity contribution is 5.80. The molecule has 8 nitrogen and oxygen atoms in total. The highest BCUT2D eigenvalue weighted by Gasteiger charge is 2.24. The molecule has 1 heterocycles. The first-order valence-electron chi connectivity index (χ1n) is 7.18. The van der Waals surface area contributed by atoms with Crippen molar-refractivity contribution in [2.24, 2.45) is 0 Å². The van der Waals surface area contributed by atoms with Gasteiger partial charge in [0.2, 0.25) is 0 Å². The van der Waals surface area contributed by atoms with E-state index in [0.717, 1.165) is 0 Å². The molecule has 0 aliphatic carbocycles. The molecule has 0 atom stereocenters. The highest BCUT2D eigenvalue weighted by Crippen LogP contribution is 2.11. The SMILES string of the molecule is CCOC(=O)CNC(=O)NC1CCN(C(=O)OCC)CC1. The van der Waals surface area contributed by atoms with Gasteiger partial charge in [0.25, 0.3) is 0 Å². The number of urea groups is 1. The monoisotopic (exact) mass is 301 g/mol. The summed E-state index contributed by atoms with van der Waals surface area (Å²) in [6.45, 7) is 5.04. The molecule has 0 aromatic rings. The van der Waals surface area contributed by atoms with Crippen LogP contribution in [0, 0.1) is 0 Å². The Hall–Kier alpha value is -1.99. The van der Waals surface area contributed by atoms with E-state index in [2.05, 4.69) is 10.6 Å². The molecule has 1 rings (SSSR count). The fraction of sp³-hybridized carbons (Fsp3) is 0.769. The number of carbonyl (C=O) groups excluding carboxylic acids is 3. The highest BCUT2D eigenvalue weighted by atomic mass is 16.6. The minimum absolute atomic E-state index is 0.0159. The largest absolute Gasteiger partial charge is 0.465 e. The Bertz CT molecular complexity index is 367. The summed E-state index contributed by atoms with van der Waals surface area (Å²) in [4.78, 5) is 35.8. The van der Waals surface area contributed by atoms with Crippen molar-refractivity contribution in [3.05, 3.63) is 0 Å². The molecule has 0 aromatic carbocycles. The van der Waals surface area contributed by atoms with E-state index >= 15 is 0 Å². The van der Waals surface area contributed by atoms with Crippen molar-refractivity contribution >= 4 is 18.1 Å². The molecule has 0 radical (unpaired) electrons. The first kappa shape index (κ1) is 17.1. The lowest BCUT2D eigenvalue weighted by Crippen LogP contribution is -2.49. The number of hydrogen-bond acceptors (Lipinski definition) is 5. The molecule has 1 fully saturated rings. The maximum atomic E-state index is 11.6. The Balaban J connectivity index is 2.21. The van der Waals surface area contributed by atoms with Crippen LogP contribution in [0.2, 0.25) is 0 Å². The van der Waals surface area contributed by atoms with Crippen molar-refractivity contribution in [3.8, 4) is 0 Å². The van der Waals surface area contributed by atoms with Crippen LogP contribution in [0.4, 0.5) is 9.59 Å². The molecule has 2 N–H and O–H groups in total. The molecule has 3 amide bonds. The predicted molar refractivity (Wildman–Crippen MR) is 74.8 cm³/mol. The number of esters is 1. The smallest absolute Gasteiger partial charge is 0.409 e. The van der Waals surface area contributed by atoms with Crippen LogP contribution >= 0.6 is 0 Å². The number of hydrogen-bond donors (Lipinski definition) is 2. The van der Waals surface area contributed by atoms with Crippen molar-refractivity contribution < 1.29 is 23.9 Å². The predicted octanol–water partition coefficient (Wildman–Crippen LogP) is 0.470. The lowest BCUT2D eigenvalue weighted by molar-refractivity contribution is -0.141. The summed E-state index contributed by atoms with van der Waals surface area (Å²) in [5.41, 5.74) is 0. The van der Waals surface area contributed by atoms with Gasteiger partial charge in [0.15, 0.2) is 0 Å². The standard InChI is InChI=1S/C13H23N3O5/c1-3-20-11(17)9-14-12(18)15-10-5-7-16(8-6-10)13(19)21-4-2/h10H,3-9H2,1-2H3,(H2,14,15,18). The van der Waals surface area contributed by atoms with Crippen molar-refractivity contribution in [2.45, 2.75) is 32.7 Å². The molecule has 1 aliphatic rings. The number of nitrogens with zero attached hydrogens (tertiary/aromatic N) is 1. The third kappa shape index (κ3) is 6.33. The van der Waals surface area contributed by atoms with E-state index in [0.29, 0.717) is 32.5 Å². The number of nitrogens with one attached hydrogen (secondary N) is 2. The van der Waals surface area contributed by atoms with E-state index in [1.54, 1.807) is 18.7 Å². The number of rotatable bonds is 5. The summed E-state index contributed by atoms with van der Waals surface area (Å²) in [6.07, 6.45) is 1.000. The van der Waals surface area contributed by atoms with E-state index in [9.17, 15) is 14.4 Å². The molecule has 0 bridgehead atoms. The number of ether oxygens (including phenoxy) is 2. The van der Waals surface area contributed by atoms with Gasteiger partial charge in [-0.3, -0.25) is 4.79 Å². The summed E-state index contributed by atoms with van der Waals surface area (Å²) < 4.78 is 9.63. The molecule has 120 valence electrons. The van der Waals surface area contributed by atoms with Crippen LogP contribution in [0.1, 0.15) is 26.7 Å². The fourth-order valence-electron chi connectivity index (χ4n) is 2.02. The number of carbonyl (C=O) groups is 3. The molecule has 0 unspecified atom stereocenters. The normalized spacial score (nSPS) is 15.2. The third-order valence-electron chi connectivity index (χ3n) is 3.05. The molecular weight excluding hydrogens is 278 g/mol. The minimum Gasteiger partial charge on any atom is -0.465 e. The molecule has 21 heavy (non-hydrogen) atoms. The van der Waals surface area contributed by atoms with E-state index in [4.69, 9.17) is 9.47 Å². The first-order chi connectivity index (χ1) is 10.1. The number of amides is 3. The van der Waals surface area contributed by atoms with Gasteiger partial charge in [0.1, 0.15) is 6.54 Å². The van der Waals surface area contributed by atoms with Crippen LogP contribution in [0.5, 0.6) is 0 Å². The Labute approximate surface area is 124 Å². The van der Waals surface area contributed by atoms with Crippen LogP contribution in [0.25, 0.3) is 0 Å². The average Bonchev–Trinajstić information content (AvgIpc) is 2.46. The second-order valence-electron chi connectivity index (χ2n) is 4.59. The quantitative estimate of drug-likeness (QED) is 0.719. The number of piperidine rings is 1. The fourth-order valence-corrected chi connectivity index (χ4v) is 2.02. The summed E-state index contributed by atoms with van der Waals surface area (Å²) in [5, 5.41) is 5.21. The summed E-state index contributed by atoms with van der Waals surface area (Å²) in [7, 11) is 0. The second-order valence-corrected chi connectivity index (χ2v) is 4.59. The van der Waals surface area contributed by atoms with Crippen LogP contribution in [-0.4, -0.2) is 61.9 Å². The third-order valence-corrected chi connectivity index (χ3v) is 3.05. The number of likely N-dealkylation sites (tertiary alicyclic amines) is 1. The Morgan fingerprint density at radius 3 is 2.29 bits per heavy atom. The van der Waals surface area contributed by atoms with Gasteiger partial charge in [0.05, 0.1) is 13.2 Å². The van der Waals surface area contributed by atoms with Gasteiger partial charge in [-0.2, -0.15) is 0 Å². The van der Waals surface area contributed by atoms with Gasteiger partial charge in [-0.25, -0.2) is 9.59 Å². The molecule has 0 aromatic heterocycles. The summed E-state index contributed by atoms with van der Waals surface area (Å²) in [5.74, 6) is -0.468. The van der Waals surface area contributed by atoms with E-state index in [1.165, 1.54) is 0 Å². The van der Waals surface area contributed by atoms with Gasteiger partial charge in [-0.05, 0) is 26.7 Å². The first-order valence-corrected chi connectivity index (χ1v) is 7.18. The second kappa shape index (κ2) is 9.04. The van der Waals surface area contributed by atoms with Crippen LogP contribution in [-0.2, 0) is 14.3 Å². The van der Waals surface area contributed by atoms with Crippen molar-refractivity contribution in [2.75, 3.05) is 32.8 Å². The van der Waals surface area contributed by atoms with Crippen molar-refractivity contribution in [3.63, 3.8) is 0 Å². The van der Waals surface area contributed by atoms with Gasteiger partial charge in [-0.15, -0.1) is 0 Å². The van der Waals surface area contributed by atoms with E-state index in [1.807, 2.05) is 0 Å². The summed E-state index contributed by atoms with van der Waals surface area (Å²) in [6, 6.07) is -0.421. The van der Waals surface area contributed by atoms with Crippen molar-refractivity contribution in [1.29, 1.82) is 0 Å². The minimum atomic E-state index is -0.468.